The highest BCUT2D eigenvalue weighted by Crippen LogP contribution is 2.15. The van der Waals surface area contributed by atoms with Gasteiger partial charge in [-0.2, -0.15) is 0 Å². The zero-order valence-corrected chi connectivity index (χ0v) is 11.5. The largest absolute Gasteiger partial charge is 0.480 e. The number of carboxylic acid groups (broad SMARTS) is 1. The quantitative estimate of drug-likeness (QED) is 0.587. The van der Waals surface area contributed by atoms with Gasteiger partial charge in [0.05, 0.1) is 25.7 Å². The normalized spacial score (nSPS) is 20.8. The van der Waals surface area contributed by atoms with Crippen molar-refractivity contribution in [1.29, 1.82) is 0 Å². The summed E-state index contributed by atoms with van der Waals surface area (Å²) in [6.45, 7) is 2.45. The molecule has 2 amide bonds. The molecule has 1 aliphatic rings. The Bertz CT molecular complexity index is 367. The molecule has 0 aromatic heterocycles. The van der Waals surface area contributed by atoms with Crippen LogP contribution in [-0.2, 0) is 19.1 Å². The van der Waals surface area contributed by atoms with E-state index in [0.717, 1.165) is 20.0 Å². The maximum atomic E-state index is 11.7. The minimum absolute atomic E-state index is 0.0652. The van der Waals surface area contributed by atoms with Gasteiger partial charge in [0.25, 0.3) is 0 Å². The van der Waals surface area contributed by atoms with Crippen LogP contribution in [0.4, 0.5) is 4.79 Å². The van der Waals surface area contributed by atoms with Gasteiger partial charge in [0.2, 0.25) is 0 Å². The molecule has 0 aromatic rings. The second-order valence-electron chi connectivity index (χ2n) is 4.63. The number of ether oxygens (including phenoxy) is 2. The van der Waals surface area contributed by atoms with Crippen LogP contribution in [-0.4, -0.2) is 55.0 Å². The van der Waals surface area contributed by atoms with E-state index in [9.17, 15) is 14.4 Å². The Kier molecular flexibility index (Phi) is 6.23. The van der Waals surface area contributed by atoms with Gasteiger partial charge in [0.1, 0.15) is 6.04 Å². The number of methoxy groups -OCH3 is 1. The number of hydrogen-bond acceptors (Lipinski definition) is 5. The fourth-order valence-corrected chi connectivity index (χ4v) is 1.95. The number of esters is 1. The summed E-state index contributed by atoms with van der Waals surface area (Å²) < 4.78 is 9.80. The highest BCUT2D eigenvalue weighted by Gasteiger charge is 2.27. The molecule has 20 heavy (non-hydrogen) atoms. The van der Waals surface area contributed by atoms with Crippen LogP contribution in [0.15, 0.2) is 0 Å². The van der Waals surface area contributed by atoms with Gasteiger partial charge in [-0.25, -0.2) is 9.59 Å². The average Bonchev–Trinajstić information content (AvgIpc) is 2.91. The monoisotopic (exact) mass is 288 g/mol. The van der Waals surface area contributed by atoms with Crippen molar-refractivity contribution in [2.45, 2.75) is 44.4 Å². The van der Waals surface area contributed by atoms with E-state index < -0.39 is 30.4 Å². The molecule has 0 bridgehead atoms. The van der Waals surface area contributed by atoms with E-state index in [1.165, 1.54) is 0 Å². The number of carboxylic acids is 1. The van der Waals surface area contributed by atoms with E-state index in [-0.39, 0.29) is 12.1 Å². The average molecular weight is 288 g/mol. The third-order valence-electron chi connectivity index (χ3n) is 3.08. The van der Waals surface area contributed by atoms with Crippen molar-refractivity contribution >= 4 is 18.0 Å². The van der Waals surface area contributed by atoms with Gasteiger partial charge in [-0.1, -0.05) is 0 Å². The first-order chi connectivity index (χ1) is 9.43. The van der Waals surface area contributed by atoms with Gasteiger partial charge in [0, 0.05) is 6.61 Å². The Morgan fingerprint density at radius 3 is 2.60 bits per heavy atom. The Balaban J connectivity index is 2.44. The third-order valence-corrected chi connectivity index (χ3v) is 3.08. The van der Waals surface area contributed by atoms with Gasteiger partial charge in [0.15, 0.2) is 0 Å². The van der Waals surface area contributed by atoms with Gasteiger partial charge < -0.3 is 25.2 Å². The lowest BCUT2D eigenvalue weighted by molar-refractivity contribution is -0.147. The molecule has 8 heteroatoms. The van der Waals surface area contributed by atoms with Crippen LogP contribution in [0.3, 0.4) is 0 Å². The van der Waals surface area contributed by atoms with E-state index in [2.05, 4.69) is 15.4 Å². The van der Waals surface area contributed by atoms with Crippen LogP contribution < -0.4 is 10.6 Å². The van der Waals surface area contributed by atoms with Gasteiger partial charge in [-0.15, -0.1) is 0 Å². The lowest BCUT2D eigenvalue weighted by Gasteiger charge is -2.21. The number of aliphatic carboxylic acids is 1. The minimum atomic E-state index is -1.32. The molecule has 0 radical (unpaired) electrons. The smallest absolute Gasteiger partial charge is 0.326 e. The minimum Gasteiger partial charge on any atom is -0.480 e. The van der Waals surface area contributed by atoms with Crippen LogP contribution >= 0.6 is 0 Å². The molecular weight excluding hydrogens is 268 g/mol. The first-order valence-corrected chi connectivity index (χ1v) is 6.42. The number of hydrogen-bond donors (Lipinski definition) is 3. The molecule has 0 aromatic carbocycles. The van der Waals surface area contributed by atoms with Crippen molar-refractivity contribution in [3.05, 3.63) is 0 Å². The summed E-state index contributed by atoms with van der Waals surface area (Å²) in [5.41, 5.74) is 0. The summed E-state index contributed by atoms with van der Waals surface area (Å²) in [7, 11) is 1.15. The predicted molar refractivity (Wildman–Crippen MR) is 68.2 cm³/mol. The second-order valence-corrected chi connectivity index (χ2v) is 4.63. The number of nitrogens with one attached hydrogen (secondary N) is 2. The van der Waals surface area contributed by atoms with Crippen molar-refractivity contribution in [2.24, 2.45) is 0 Å². The maximum Gasteiger partial charge on any atom is 0.326 e. The molecule has 3 atom stereocenters. The Morgan fingerprint density at radius 2 is 2.10 bits per heavy atom. The SMILES string of the molecule is COC(=O)C[C@H](NC(=O)NC(C)C1CCCO1)C(=O)O. The molecule has 0 spiro atoms. The lowest BCUT2D eigenvalue weighted by atomic mass is 10.1. The fourth-order valence-electron chi connectivity index (χ4n) is 1.95. The standard InChI is InChI=1S/C12H20N2O6/c1-7(9-4-3-5-20-9)13-12(18)14-8(11(16)17)6-10(15)19-2/h7-9H,3-6H2,1-2H3,(H,16,17)(H2,13,14,18)/t7?,8-,9?/m0/s1. The summed E-state index contributed by atoms with van der Waals surface area (Å²) in [6, 6.07) is -2.20. The van der Waals surface area contributed by atoms with Crippen molar-refractivity contribution < 1.29 is 29.0 Å². The van der Waals surface area contributed by atoms with Gasteiger partial charge >= 0.3 is 18.0 Å². The number of carbonyl (C=O) groups excluding carboxylic acids is 2. The molecule has 1 heterocycles. The van der Waals surface area contributed by atoms with Crippen molar-refractivity contribution in [1.82, 2.24) is 10.6 Å². The maximum absolute atomic E-state index is 11.7. The van der Waals surface area contributed by atoms with E-state index in [1.807, 2.05) is 0 Å². The van der Waals surface area contributed by atoms with Gasteiger partial charge in [-0.3, -0.25) is 4.79 Å². The topological polar surface area (TPSA) is 114 Å². The summed E-state index contributed by atoms with van der Waals surface area (Å²) in [5, 5.41) is 13.8. The third kappa shape index (κ3) is 5.04. The summed E-state index contributed by atoms with van der Waals surface area (Å²) in [4.78, 5) is 33.7. The first-order valence-electron chi connectivity index (χ1n) is 6.42. The highest BCUT2D eigenvalue weighted by atomic mass is 16.5. The molecule has 0 aliphatic carbocycles. The summed E-state index contributed by atoms with van der Waals surface area (Å²) in [6.07, 6.45) is 1.31. The molecule has 1 rings (SSSR count). The highest BCUT2D eigenvalue weighted by molar-refractivity contribution is 5.86. The van der Waals surface area contributed by atoms with Crippen LogP contribution in [0.5, 0.6) is 0 Å². The Hall–Kier alpha value is -1.83. The van der Waals surface area contributed by atoms with Crippen LogP contribution in [0.1, 0.15) is 26.2 Å². The molecular formula is C12H20N2O6. The van der Waals surface area contributed by atoms with E-state index in [4.69, 9.17) is 9.84 Å². The number of urea groups is 1. The van der Waals surface area contributed by atoms with Crippen molar-refractivity contribution in [2.75, 3.05) is 13.7 Å². The van der Waals surface area contributed by atoms with Crippen LogP contribution in [0.25, 0.3) is 0 Å². The second kappa shape index (κ2) is 7.68. The number of carbonyl (C=O) groups is 3. The van der Waals surface area contributed by atoms with Crippen molar-refractivity contribution in [3.8, 4) is 0 Å². The van der Waals surface area contributed by atoms with Crippen LogP contribution in [0, 0.1) is 0 Å². The van der Waals surface area contributed by atoms with Crippen molar-refractivity contribution in [3.63, 3.8) is 0 Å². The number of rotatable bonds is 6. The molecule has 1 saturated heterocycles. The van der Waals surface area contributed by atoms with Gasteiger partial charge in [-0.05, 0) is 19.8 Å². The molecule has 8 nitrogen and oxygen atoms in total. The molecule has 2 unspecified atom stereocenters. The predicted octanol–water partition coefficient (Wildman–Crippen LogP) is -0.131. The summed E-state index contributed by atoms with van der Waals surface area (Å²) in [5.74, 6) is -2.00. The molecule has 1 aliphatic heterocycles. The zero-order valence-electron chi connectivity index (χ0n) is 11.5. The Labute approximate surface area is 116 Å². The Morgan fingerprint density at radius 1 is 1.40 bits per heavy atom. The zero-order chi connectivity index (χ0) is 15.1. The molecule has 1 fully saturated rings. The van der Waals surface area contributed by atoms with E-state index >= 15 is 0 Å². The van der Waals surface area contributed by atoms with E-state index in [0.29, 0.717) is 6.61 Å². The number of amides is 2. The molecule has 0 saturated carbocycles. The lowest BCUT2D eigenvalue weighted by Crippen LogP contribution is -2.51. The molecule has 3 N–H and O–H groups in total. The first kappa shape index (κ1) is 16.2. The summed E-state index contributed by atoms with van der Waals surface area (Å²) >= 11 is 0. The van der Waals surface area contributed by atoms with E-state index in [1.54, 1.807) is 6.92 Å². The van der Waals surface area contributed by atoms with Crippen LogP contribution in [0.2, 0.25) is 0 Å². The molecule has 114 valence electrons. The fraction of sp³-hybridized carbons (Fsp3) is 0.750.